The van der Waals surface area contributed by atoms with Crippen LogP contribution in [0.2, 0.25) is 0 Å². The molecule has 0 spiro atoms. The summed E-state index contributed by atoms with van der Waals surface area (Å²) in [6, 6.07) is 0. The zero-order valence-corrected chi connectivity index (χ0v) is 10.5. The highest BCUT2D eigenvalue weighted by Gasteiger charge is 2.24. The van der Waals surface area contributed by atoms with Crippen molar-refractivity contribution in [3.8, 4) is 0 Å². The van der Waals surface area contributed by atoms with Gasteiger partial charge in [-0.15, -0.1) is 11.3 Å². The molecule has 1 aliphatic rings. The standard InChI is InChI=1S/C11H13N3O3S/c15-10(16)8-9(12-11-14(8)4-7-18-11)13-2-1-5-17-6-3-13/h4,7H,1-3,5-6H2,(H,15,16). The Morgan fingerprint density at radius 2 is 2.33 bits per heavy atom. The van der Waals surface area contributed by atoms with Gasteiger partial charge in [-0.3, -0.25) is 4.40 Å². The van der Waals surface area contributed by atoms with E-state index >= 15 is 0 Å². The first-order valence-electron chi connectivity index (χ1n) is 5.79. The normalized spacial score (nSPS) is 17.0. The van der Waals surface area contributed by atoms with E-state index in [4.69, 9.17) is 4.74 Å². The zero-order chi connectivity index (χ0) is 12.5. The van der Waals surface area contributed by atoms with Crippen LogP contribution in [-0.4, -0.2) is 46.8 Å². The molecule has 6 nitrogen and oxygen atoms in total. The number of carbonyl (C=O) groups is 1. The molecule has 0 aliphatic carbocycles. The van der Waals surface area contributed by atoms with Gasteiger partial charge >= 0.3 is 5.97 Å². The summed E-state index contributed by atoms with van der Waals surface area (Å²) in [5.41, 5.74) is 0.244. The van der Waals surface area contributed by atoms with E-state index in [1.165, 1.54) is 11.3 Å². The van der Waals surface area contributed by atoms with Crippen molar-refractivity contribution in [1.29, 1.82) is 0 Å². The van der Waals surface area contributed by atoms with Crippen LogP contribution in [0, 0.1) is 0 Å². The Morgan fingerprint density at radius 1 is 1.44 bits per heavy atom. The second-order valence-corrected chi connectivity index (χ2v) is 4.97. The SMILES string of the molecule is O=C(O)c1c(N2CCCOCC2)nc2sccn12. The molecule has 3 heterocycles. The Morgan fingerprint density at radius 3 is 3.17 bits per heavy atom. The van der Waals surface area contributed by atoms with Crippen molar-refractivity contribution in [2.45, 2.75) is 6.42 Å². The van der Waals surface area contributed by atoms with Crippen molar-refractivity contribution in [2.75, 3.05) is 31.2 Å². The van der Waals surface area contributed by atoms with Crippen molar-refractivity contribution >= 4 is 28.1 Å². The minimum absolute atomic E-state index is 0.244. The number of hydrogen-bond donors (Lipinski definition) is 1. The van der Waals surface area contributed by atoms with E-state index in [1.54, 1.807) is 10.6 Å². The number of fused-ring (bicyclic) bond motifs is 1. The number of nitrogens with zero attached hydrogens (tertiary/aromatic N) is 3. The monoisotopic (exact) mass is 267 g/mol. The fraction of sp³-hybridized carbons (Fsp3) is 0.455. The van der Waals surface area contributed by atoms with Gasteiger partial charge in [-0.05, 0) is 6.42 Å². The maximum Gasteiger partial charge on any atom is 0.356 e. The van der Waals surface area contributed by atoms with Crippen molar-refractivity contribution < 1.29 is 14.6 Å². The number of aromatic carboxylic acids is 1. The van der Waals surface area contributed by atoms with Gasteiger partial charge in [-0.25, -0.2) is 9.78 Å². The fourth-order valence-electron chi connectivity index (χ4n) is 2.15. The van der Waals surface area contributed by atoms with Crippen LogP contribution in [0.3, 0.4) is 0 Å². The minimum Gasteiger partial charge on any atom is -0.476 e. The number of thiazole rings is 1. The second-order valence-electron chi connectivity index (χ2n) is 4.10. The molecule has 1 aliphatic heterocycles. The topological polar surface area (TPSA) is 67.1 Å². The Hall–Kier alpha value is -1.60. The van der Waals surface area contributed by atoms with E-state index in [1.807, 2.05) is 10.3 Å². The second kappa shape index (κ2) is 4.58. The summed E-state index contributed by atoms with van der Waals surface area (Å²) in [6.07, 6.45) is 2.64. The largest absolute Gasteiger partial charge is 0.476 e. The quantitative estimate of drug-likeness (QED) is 0.889. The maximum atomic E-state index is 11.4. The summed E-state index contributed by atoms with van der Waals surface area (Å²) in [4.78, 5) is 18.6. The van der Waals surface area contributed by atoms with Crippen LogP contribution in [-0.2, 0) is 4.74 Å². The molecule has 0 atom stereocenters. The molecule has 0 aromatic carbocycles. The Bertz CT molecular complexity index is 569. The Kier molecular flexibility index (Phi) is 2.92. The zero-order valence-electron chi connectivity index (χ0n) is 9.70. The van der Waals surface area contributed by atoms with E-state index < -0.39 is 5.97 Å². The number of hydrogen-bond acceptors (Lipinski definition) is 5. The first-order valence-corrected chi connectivity index (χ1v) is 6.67. The summed E-state index contributed by atoms with van der Waals surface area (Å²) in [7, 11) is 0. The third kappa shape index (κ3) is 1.85. The summed E-state index contributed by atoms with van der Waals surface area (Å²) >= 11 is 1.44. The molecular weight excluding hydrogens is 254 g/mol. The van der Waals surface area contributed by atoms with Crippen molar-refractivity contribution in [1.82, 2.24) is 9.38 Å². The van der Waals surface area contributed by atoms with Crippen LogP contribution in [0.4, 0.5) is 5.82 Å². The van der Waals surface area contributed by atoms with Crippen molar-refractivity contribution in [3.63, 3.8) is 0 Å². The van der Waals surface area contributed by atoms with Crippen LogP contribution in [0.1, 0.15) is 16.9 Å². The highest BCUT2D eigenvalue weighted by molar-refractivity contribution is 7.15. The summed E-state index contributed by atoms with van der Waals surface area (Å²) in [5.74, 6) is -0.388. The number of aromatic nitrogens is 2. The molecule has 0 radical (unpaired) electrons. The van der Waals surface area contributed by atoms with Gasteiger partial charge in [0.25, 0.3) is 0 Å². The van der Waals surface area contributed by atoms with Crippen molar-refractivity contribution in [2.24, 2.45) is 0 Å². The van der Waals surface area contributed by atoms with E-state index in [0.29, 0.717) is 23.9 Å². The molecule has 0 amide bonds. The molecule has 0 saturated carbocycles. The van der Waals surface area contributed by atoms with E-state index in [0.717, 1.165) is 19.6 Å². The lowest BCUT2D eigenvalue weighted by molar-refractivity contribution is 0.0690. The lowest BCUT2D eigenvalue weighted by atomic mass is 10.3. The predicted octanol–water partition coefficient (Wildman–Crippen LogP) is 1.32. The Labute approximate surface area is 107 Å². The lowest BCUT2D eigenvalue weighted by Crippen LogP contribution is -2.28. The summed E-state index contributed by atoms with van der Waals surface area (Å²) in [6.45, 7) is 2.81. The highest BCUT2D eigenvalue weighted by atomic mass is 32.1. The van der Waals surface area contributed by atoms with Gasteiger partial charge in [0, 0.05) is 31.3 Å². The third-order valence-electron chi connectivity index (χ3n) is 2.97. The molecule has 3 rings (SSSR count). The molecule has 18 heavy (non-hydrogen) atoms. The Balaban J connectivity index is 2.06. The van der Waals surface area contributed by atoms with Crippen LogP contribution in [0.5, 0.6) is 0 Å². The summed E-state index contributed by atoms with van der Waals surface area (Å²) < 4.78 is 7.01. The third-order valence-corrected chi connectivity index (χ3v) is 3.72. The number of carboxylic acids is 1. The van der Waals surface area contributed by atoms with Crippen LogP contribution < -0.4 is 4.90 Å². The molecule has 1 N–H and O–H groups in total. The molecular formula is C11H13N3O3S. The van der Waals surface area contributed by atoms with Gasteiger partial charge in [0.05, 0.1) is 6.61 Å². The van der Waals surface area contributed by atoms with Crippen molar-refractivity contribution in [3.05, 3.63) is 17.3 Å². The van der Waals surface area contributed by atoms with Gasteiger partial charge in [0.1, 0.15) is 0 Å². The molecule has 2 aromatic rings. The molecule has 2 aromatic heterocycles. The van der Waals surface area contributed by atoms with Gasteiger partial charge in [0.15, 0.2) is 16.5 Å². The molecule has 1 saturated heterocycles. The van der Waals surface area contributed by atoms with E-state index in [9.17, 15) is 9.90 Å². The van der Waals surface area contributed by atoms with E-state index in [2.05, 4.69) is 4.98 Å². The molecule has 96 valence electrons. The summed E-state index contributed by atoms with van der Waals surface area (Å²) in [5, 5.41) is 11.2. The van der Waals surface area contributed by atoms with Crippen LogP contribution >= 0.6 is 11.3 Å². The maximum absolute atomic E-state index is 11.4. The first-order chi connectivity index (χ1) is 8.77. The highest BCUT2D eigenvalue weighted by Crippen LogP contribution is 2.25. The number of anilines is 1. The molecule has 0 unspecified atom stereocenters. The molecule has 1 fully saturated rings. The van der Waals surface area contributed by atoms with Crippen LogP contribution in [0.25, 0.3) is 4.96 Å². The number of ether oxygens (including phenoxy) is 1. The average Bonchev–Trinajstić information content (AvgIpc) is 2.79. The van der Waals surface area contributed by atoms with Crippen LogP contribution in [0.15, 0.2) is 11.6 Å². The van der Waals surface area contributed by atoms with Gasteiger partial charge in [-0.2, -0.15) is 0 Å². The number of imidazole rings is 1. The minimum atomic E-state index is -0.943. The average molecular weight is 267 g/mol. The first kappa shape index (κ1) is 11.5. The molecule has 0 bridgehead atoms. The van der Waals surface area contributed by atoms with E-state index in [-0.39, 0.29) is 5.69 Å². The fourth-order valence-corrected chi connectivity index (χ4v) is 2.86. The number of carboxylic acid groups (broad SMARTS) is 1. The predicted molar refractivity (Wildman–Crippen MR) is 67.7 cm³/mol. The molecule has 7 heteroatoms. The lowest BCUT2D eigenvalue weighted by Gasteiger charge is -2.19. The van der Waals surface area contributed by atoms with Gasteiger partial charge < -0.3 is 14.7 Å². The smallest absolute Gasteiger partial charge is 0.356 e. The van der Waals surface area contributed by atoms with Gasteiger partial charge in [0.2, 0.25) is 0 Å². The number of rotatable bonds is 2. The van der Waals surface area contributed by atoms with Gasteiger partial charge in [-0.1, -0.05) is 0 Å².